The third-order valence-corrected chi connectivity index (χ3v) is 2.60. The maximum absolute atomic E-state index is 5.81. The highest BCUT2D eigenvalue weighted by molar-refractivity contribution is 5.25. The zero-order valence-electron chi connectivity index (χ0n) is 10.7. The molecule has 0 fully saturated rings. The van der Waals surface area contributed by atoms with E-state index in [-0.39, 0.29) is 6.10 Å². The molecule has 0 radical (unpaired) electrons. The van der Waals surface area contributed by atoms with Gasteiger partial charge in [0.15, 0.2) is 0 Å². The van der Waals surface area contributed by atoms with Crippen LogP contribution in [0.4, 0.5) is 0 Å². The molecule has 4 heteroatoms. The van der Waals surface area contributed by atoms with Crippen LogP contribution >= 0.6 is 0 Å². The summed E-state index contributed by atoms with van der Waals surface area (Å²) in [6.45, 7) is 5.45. The lowest BCUT2D eigenvalue weighted by Gasteiger charge is -2.16. The molecule has 0 aliphatic heterocycles. The van der Waals surface area contributed by atoms with Crippen molar-refractivity contribution in [3.05, 3.63) is 48.2 Å². The maximum Gasteiger partial charge on any atom is 0.140 e. The van der Waals surface area contributed by atoms with E-state index < -0.39 is 0 Å². The summed E-state index contributed by atoms with van der Waals surface area (Å²) >= 11 is 0. The minimum atomic E-state index is 0.0860. The number of nitrogens with one attached hydrogen (secondary N) is 1. The molecule has 0 aliphatic rings. The van der Waals surface area contributed by atoms with E-state index in [1.54, 1.807) is 12.5 Å². The van der Waals surface area contributed by atoms with Crippen molar-refractivity contribution >= 4 is 0 Å². The molecule has 4 nitrogen and oxygen atoms in total. The van der Waals surface area contributed by atoms with E-state index in [0.29, 0.717) is 6.54 Å². The summed E-state index contributed by atoms with van der Waals surface area (Å²) in [5.74, 6) is 1.77. The highest BCUT2D eigenvalue weighted by Crippen LogP contribution is 2.15. The highest BCUT2D eigenvalue weighted by atomic mass is 16.5. The van der Waals surface area contributed by atoms with Crippen LogP contribution in [0.5, 0.6) is 5.75 Å². The Morgan fingerprint density at radius 1 is 1.39 bits per heavy atom. The number of rotatable bonds is 6. The number of aromatic nitrogens is 1. The molecule has 2 rings (SSSR count). The molecule has 0 bridgehead atoms. The number of nitrogens with zero attached hydrogens (tertiary/aromatic N) is 1. The second kappa shape index (κ2) is 6.21. The summed E-state index contributed by atoms with van der Waals surface area (Å²) in [7, 11) is 0. The van der Waals surface area contributed by atoms with Crippen molar-refractivity contribution in [1.82, 2.24) is 10.3 Å². The van der Waals surface area contributed by atoms with Gasteiger partial charge in [0.1, 0.15) is 17.6 Å². The smallest absolute Gasteiger partial charge is 0.140 e. The molecule has 0 saturated heterocycles. The van der Waals surface area contributed by atoms with Crippen LogP contribution in [-0.4, -0.2) is 17.6 Å². The van der Waals surface area contributed by atoms with Gasteiger partial charge in [-0.2, -0.15) is 0 Å². The van der Waals surface area contributed by atoms with Gasteiger partial charge in [-0.15, -0.1) is 0 Å². The van der Waals surface area contributed by atoms with Crippen LogP contribution in [0.15, 0.2) is 41.1 Å². The largest absolute Gasteiger partial charge is 0.487 e. The highest BCUT2D eigenvalue weighted by Gasteiger charge is 2.06. The molecule has 1 atom stereocenters. The number of furan rings is 1. The summed E-state index contributed by atoms with van der Waals surface area (Å²) in [4.78, 5) is 4.19. The van der Waals surface area contributed by atoms with Gasteiger partial charge in [0, 0.05) is 12.7 Å². The zero-order chi connectivity index (χ0) is 12.8. The van der Waals surface area contributed by atoms with E-state index >= 15 is 0 Å². The van der Waals surface area contributed by atoms with Gasteiger partial charge < -0.3 is 14.5 Å². The molecule has 0 spiro atoms. The molecular weight excluding hydrogens is 228 g/mol. The minimum absolute atomic E-state index is 0.0860. The van der Waals surface area contributed by atoms with Crippen LogP contribution in [0.1, 0.15) is 18.4 Å². The Morgan fingerprint density at radius 3 is 3.00 bits per heavy atom. The minimum Gasteiger partial charge on any atom is -0.487 e. The second-order valence-corrected chi connectivity index (χ2v) is 4.23. The van der Waals surface area contributed by atoms with E-state index in [2.05, 4.69) is 10.3 Å². The average Bonchev–Trinajstić information content (AvgIpc) is 2.85. The molecular formula is C14H18N2O2. The van der Waals surface area contributed by atoms with Crippen molar-refractivity contribution in [2.75, 3.05) is 6.54 Å². The average molecular weight is 246 g/mol. The number of hydrogen-bond acceptors (Lipinski definition) is 4. The lowest BCUT2D eigenvalue weighted by molar-refractivity contribution is 0.213. The van der Waals surface area contributed by atoms with Crippen LogP contribution in [0.2, 0.25) is 0 Å². The standard InChI is InChI=1S/C14H18N2O2/c1-11(9-15-10-13-5-4-8-17-13)18-14-6-3-7-16-12(14)2/h3-8,11,15H,9-10H2,1-2H3. The molecule has 0 aliphatic carbocycles. The van der Waals surface area contributed by atoms with Gasteiger partial charge in [0.2, 0.25) is 0 Å². The van der Waals surface area contributed by atoms with Gasteiger partial charge in [-0.25, -0.2) is 0 Å². The van der Waals surface area contributed by atoms with Gasteiger partial charge in [0.25, 0.3) is 0 Å². The molecule has 96 valence electrons. The van der Waals surface area contributed by atoms with Crippen molar-refractivity contribution in [2.24, 2.45) is 0 Å². The molecule has 0 saturated carbocycles. The van der Waals surface area contributed by atoms with E-state index in [0.717, 1.165) is 23.7 Å². The van der Waals surface area contributed by atoms with Crippen molar-refractivity contribution < 1.29 is 9.15 Å². The Kier molecular flexibility index (Phi) is 4.36. The molecule has 18 heavy (non-hydrogen) atoms. The van der Waals surface area contributed by atoms with Gasteiger partial charge >= 0.3 is 0 Å². The van der Waals surface area contributed by atoms with Crippen LogP contribution in [0.25, 0.3) is 0 Å². The first-order valence-electron chi connectivity index (χ1n) is 6.07. The topological polar surface area (TPSA) is 47.3 Å². The van der Waals surface area contributed by atoms with Crippen molar-refractivity contribution in [1.29, 1.82) is 0 Å². The lowest BCUT2D eigenvalue weighted by atomic mass is 10.3. The SMILES string of the molecule is Cc1ncccc1OC(C)CNCc1ccco1. The summed E-state index contributed by atoms with van der Waals surface area (Å²) in [6.07, 6.45) is 3.53. The monoisotopic (exact) mass is 246 g/mol. The zero-order valence-corrected chi connectivity index (χ0v) is 10.7. The Balaban J connectivity index is 1.75. The first-order chi connectivity index (χ1) is 8.75. The third-order valence-electron chi connectivity index (χ3n) is 2.60. The van der Waals surface area contributed by atoms with Gasteiger partial charge in [-0.3, -0.25) is 4.98 Å². The van der Waals surface area contributed by atoms with E-state index in [1.807, 2.05) is 38.1 Å². The predicted octanol–water partition coefficient (Wildman–Crippen LogP) is 2.54. The molecule has 2 heterocycles. The predicted molar refractivity (Wildman–Crippen MR) is 69.5 cm³/mol. The summed E-state index contributed by atoms with van der Waals surface area (Å²) in [5.41, 5.74) is 0.912. The second-order valence-electron chi connectivity index (χ2n) is 4.23. The van der Waals surface area contributed by atoms with E-state index in [9.17, 15) is 0 Å². The fourth-order valence-electron chi connectivity index (χ4n) is 1.66. The molecule has 0 amide bonds. The van der Waals surface area contributed by atoms with Crippen LogP contribution in [0, 0.1) is 6.92 Å². The Hall–Kier alpha value is -1.81. The number of aryl methyl sites for hydroxylation is 1. The van der Waals surface area contributed by atoms with Gasteiger partial charge in [-0.05, 0) is 38.1 Å². The lowest BCUT2D eigenvalue weighted by Crippen LogP contribution is -2.28. The summed E-state index contributed by atoms with van der Waals surface area (Å²) in [5, 5.41) is 3.29. The summed E-state index contributed by atoms with van der Waals surface area (Å²) < 4.78 is 11.0. The van der Waals surface area contributed by atoms with Gasteiger partial charge in [0.05, 0.1) is 18.5 Å². The van der Waals surface area contributed by atoms with Gasteiger partial charge in [-0.1, -0.05) is 0 Å². The Morgan fingerprint density at radius 2 is 2.28 bits per heavy atom. The quantitative estimate of drug-likeness (QED) is 0.851. The molecule has 1 N–H and O–H groups in total. The van der Waals surface area contributed by atoms with Crippen LogP contribution in [0.3, 0.4) is 0 Å². The Labute approximate surface area is 107 Å². The van der Waals surface area contributed by atoms with Crippen LogP contribution in [-0.2, 0) is 6.54 Å². The van der Waals surface area contributed by atoms with Crippen molar-refractivity contribution in [3.63, 3.8) is 0 Å². The normalized spacial score (nSPS) is 12.3. The number of hydrogen-bond donors (Lipinski definition) is 1. The first kappa shape index (κ1) is 12.6. The van der Waals surface area contributed by atoms with E-state index in [1.165, 1.54) is 0 Å². The first-order valence-corrected chi connectivity index (χ1v) is 6.07. The maximum atomic E-state index is 5.81. The van der Waals surface area contributed by atoms with Crippen molar-refractivity contribution in [2.45, 2.75) is 26.5 Å². The molecule has 2 aromatic rings. The van der Waals surface area contributed by atoms with Crippen LogP contribution < -0.4 is 10.1 Å². The Bertz CT molecular complexity index is 468. The third kappa shape index (κ3) is 3.60. The molecule has 0 aromatic carbocycles. The number of pyridine rings is 1. The fraction of sp³-hybridized carbons (Fsp3) is 0.357. The summed E-state index contributed by atoms with van der Waals surface area (Å²) in [6, 6.07) is 7.65. The number of ether oxygens (including phenoxy) is 1. The molecule has 1 unspecified atom stereocenters. The molecule has 2 aromatic heterocycles. The van der Waals surface area contributed by atoms with Crippen molar-refractivity contribution in [3.8, 4) is 5.75 Å². The van der Waals surface area contributed by atoms with E-state index in [4.69, 9.17) is 9.15 Å². The fourth-order valence-corrected chi connectivity index (χ4v) is 1.66.